The highest BCUT2D eigenvalue weighted by Gasteiger charge is 2.40. The third-order valence-electron chi connectivity index (χ3n) is 5.03. The lowest BCUT2D eigenvalue weighted by atomic mass is 9.87. The van der Waals surface area contributed by atoms with E-state index in [1.807, 2.05) is 0 Å². The smallest absolute Gasteiger partial charge is 0.314 e. The Bertz CT molecular complexity index is 542. The summed E-state index contributed by atoms with van der Waals surface area (Å²) in [7, 11) is 0. The summed E-state index contributed by atoms with van der Waals surface area (Å²) >= 11 is 0. The zero-order valence-electron chi connectivity index (χ0n) is 13.8. The Morgan fingerprint density at radius 2 is 1.64 bits per heavy atom. The second-order valence-corrected chi connectivity index (χ2v) is 6.50. The first-order valence-corrected chi connectivity index (χ1v) is 8.28. The third-order valence-corrected chi connectivity index (χ3v) is 5.03. The van der Waals surface area contributed by atoms with E-state index < -0.39 is 17.6 Å². The number of alkyl halides is 3. The topological polar surface area (TPSA) is 15.3 Å². The van der Waals surface area contributed by atoms with Gasteiger partial charge >= 0.3 is 6.18 Å². The lowest BCUT2D eigenvalue weighted by Crippen LogP contribution is -2.47. The zero-order chi connectivity index (χ0) is 16.4. The second-order valence-electron chi connectivity index (χ2n) is 6.50. The predicted molar refractivity (Wildman–Crippen MR) is 95.0 cm³/mol. The number of rotatable bonds is 3. The van der Waals surface area contributed by atoms with Crippen LogP contribution in [0, 0.1) is 11.7 Å². The van der Waals surface area contributed by atoms with E-state index in [4.69, 9.17) is 0 Å². The Morgan fingerprint density at radius 3 is 2.20 bits per heavy atom. The standard InChI is InChI=1S/C17H22F4N2.2ClH/c18-13-5-6-14(15(11-13)17(19,20)21)16(12-3-1-2-4-12)23-9-7-22-8-10-23;;/h5-6,11-12,16,22H,1-4,7-10H2;2*1H/t16-;;/m1../s1. The van der Waals surface area contributed by atoms with Crippen LogP contribution in [-0.4, -0.2) is 31.1 Å². The van der Waals surface area contributed by atoms with Crippen LogP contribution in [0.2, 0.25) is 0 Å². The zero-order valence-corrected chi connectivity index (χ0v) is 15.5. The number of hydrogen-bond donors (Lipinski definition) is 1. The van der Waals surface area contributed by atoms with Gasteiger partial charge in [-0.1, -0.05) is 18.9 Å². The van der Waals surface area contributed by atoms with Crippen LogP contribution in [0.15, 0.2) is 18.2 Å². The van der Waals surface area contributed by atoms with Gasteiger partial charge in [-0.2, -0.15) is 13.2 Å². The summed E-state index contributed by atoms with van der Waals surface area (Å²) in [6, 6.07) is 2.90. The molecule has 2 fully saturated rings. The van der Waals surface area contributed by atoms with Gasteiger partial charge in [0.1, 0.15) is 5.82 Å². The van der Waals surface area contributed by atoms with E-state index in [1.54, 1.807) is 0 Å². The molecule has 2 aliphatic rings. The summed E-state index contributed by atoms with van der Waals surface area (Å²) < 4.78 is 53.8. The fraction of sp³-hybridized carbons (Fsp3) is 0.647. The van der Waals surface area contributed by atoms with Gasteiger partial charge in [-0.05, 0) is 36.5 Å². The minimum absolute atomic E-state index is 0. The van der Waals surface area contributed by atoms with Gasteiger partial charge in [0.25, 0.3) is 0 Å². The second kappa shape index (κ2) is 9.40. The highest BCUT2D eigenvalue weighted by molar-refractivity contribution is 5.85. The van der Waals surface area contributed by atoms with Crippen molar-refractivity contribution in [2.75, 3.05) is 26.2 Å². The molecule has 0 bridgehead atoms. The number of benzene rings is 1. The molecule has 0 amide bonds. The summed E-state index contributed by atoms with van der Waals surface area (Å²) in [5.74, 6) is -0.605. The molecule has 0 spiro atoms. The maximum atomic E-state index is 13.4. The maximum Gasteiger partial charge on any atom is 0.416 e. The van der Waals surface area contributed by atoms with Crippen molar-refractivity contribution in [3.05, 3.63) is 35.1 Å². The molecule has 1 aromatic rings. The quantitative estimate of drug-likeness (QED) is 0.728. The molecule has 0 aromatic heterocycles. The highest BCUT2D eigenvalue weighted by Crippen LogP contribution is 2.44. The van der Waals surface area contributed by atoms with Crippen molar-refractivity contribution in [1.29, 1.82) is 0 Å². The SMILES string of the molecule is Cl.Cl.Fc1ccc([C@@H](C2CCCC2)N2CCNCC2)c(C(F)(F)F)c1. The van der Waals surface area contributed by atoms with Gasteiger partial charge < -0.3 is 5.32 Å². The van der Waals surface area contributed by atoms with Gasteiger partial charge in [0, 0.05) is 32.2 Å². The molecular formula is C17H24Cl2F4N2. The molecule has 25 heavy (non-hydrogen) atoms. The molecule has 1 atom stereocenters. The molecule has 3 rings (SSSR count). The summed E-state index contributed by atoms with van der Waals surface area (Å²) in [5, 5.41) is 3.24. The number of nitrogens with zero attached hydrogens (tertiary/aromatic N) is 1. The van der Waals surface area contributed by atoms with Crippen LogP contribution < -0.4 is 5.32 Å². The molecule has 0 radical (unpaired) electrons. The van der Waals surface area contributed by atoms with Gasteiger partial charge in [-0.3, -0.25) is 4.90 Å². The molecule has 2 nitrogen and oxygen atoms in total. The lowest BCUT2D eigenvalue weighted by Gasteiger charge is -2.39. The van der Waals surface area contributed by atoms with Crippen molar-refractivity contribution in [1.82, 2.24) is 10.2 Å². The first kappa shape index (κ1) is 22.5. The van der Waals surface area contributed by atoms with Crippen LogP contribution in [0.5, 0.6) is 0 Å². The third kappa shape index (κ3) is 5.22. The van der Waals surface area contributed by atoms with Crippen molar-refractivity contribution >= 4 is 24.8 Å². The van der Waals surface area contributed by atoms with Crippen LogP contribution >= 0.6 is 24.8 Å². The van der Waals surface area contributed by atoms with E-state index in [0.29, 0.717) is 6.07 Å². The Balaban J connectivity index is 0.00000156. The van der Waals surface area contributed by atoms with E-state index in [1.165, 1.54) is 6.07 Å². The van der Waals surface area contributed by atoms with Crippen molar-refractivity contribution < 1.29 is 17.6 Å². The monoisotopic (exact) mass is 402 g/mol. The summed E-state index contributed by atoms with van der Waals surface area (Å²) in [6.07, 6.45) is -0.500. The summed E-state index contributed by atoms with van der Waals surface area (Å²) in [5.41, 5.74) is -0.569. The van der Waals surface area contributed by atoms with Gasteiger partial charge in [0.15, 0.2) is 0 Å². The fourth-order valence-electron chi connectivity index (χ4n) is 4.01. The van der Waals surface area contributed by atoms with Crippen LogP contribution in [0.3, 0.4) is 0 Å². The normalized spacial score (nSPS) is 20.6. The van der Waals surface area contributed by atoms with Crippen molar-refractivity contribution in [2.24, 2.45) is 5.92 Å². The fourth-order valence-corrected chi connectivity index (χ4v) is 4.01. The Labute approximate surface area is 158 Å². The molecule has 1 saturated heterocycles. The van der Waals surface area contributed by atoms with Crippen LogP contribution in [-0.2, 0) is 6.18 Å². The van der Waals surface area contributed by atoms with Crippen molar-refractivity contribution in [3.8, 4) is 0 Å². The minimum Gasteiger partial charge on any atom is -0.314 e. The molecule has 144 valence electrons. The molecule has 1 N–H and O–H groups in total. The van der Waals surface area contributed by atoms with E-state index in [-0.39, 0.29) is 42.3 Å². The van der Waals surface area contributed by atoms with Gasteiger partial charge in [0.05, 0.1) is 5.56 Å². The number of piperazine rings is 1. The number of hydrogen-bond acceptors (Lipinski definition) is 2. The molecule has 0 unspecified atom stereocenters. The molecular weight excluding hydrogens is 379 g/mol. The Morgan fingerprint density at radius 1 is 1.04 bits per heavy atom. The summed E-state index contributed by atoms with van der Waals surface area (Å²) in [6.45, 7) is 3.03. The Hall–Kier alpha value is -0.560. The molecule has 8 heteroatoms. The minimum atomic E-state index is -4.53. The Kier molecular flexibility index (Phi) is 8.45. The predicted octanol–water partition coefficient (Wildman–Crippen LogP) is 4.82. The molecule has 1 aromatic carbocycles. The highest BCUT2D eigenvalue weighted by atomic mass is 35.5. The van der Waals surface area contributed by atoms with Crippen LogP contribution in [0.25, 0.3) is 0 Å². The van der Waals surface area contributed by atoms with Crippen molar-refractivity contribution in [2.45, 2.75) is 37.9 Å². The summed E-state index contributed by atoms with van der Waals surface area (Å²) in [4.78, 5) is 2.15. The average molecular weight is 403 g/mol. The van der Waals surface area contributed by atoms with E-state index in [9.17, 15) is 17.6 Å². The van der Waals surface area contributed by atoms with Crippen LogP contribution in [0.1, 0.15) is 42.9 Å². The molecule has 1 heterocycles. The van der Waals surface area contributed by atoms with Gasteiger partial charge in [-0.25, -0.2) is 4.39 Å². The molecule has 1 saturated carbocycles. The maximum absolute atomic E-state index is 13.4. The first-order valence-electron chi connectivity index (χ1n) is 8.28. The van der Waals surface area contributed by atoms with Crippen molar-refractivity contribution in [3.63, 3.8) is 0 Å². The van der Waals surface area contributed by atoms with E-state index in [0.717, 1.165) is 57.9 Å². The molecule has 1 aliphatic heterocycles. The van der Waals surface area contributed by atoms with E-state index in [2.05, 4.69) is 10.2 Å². The molecule has 1 aliphatic carbocycles. The van der Waals surface area contributed by atoms with Gasteiger partial charge in [-0.15, -0.1) is 24.8 Å². The van der Waals surface area contributed by atoms with Gasteiger partial charge in [0.2, 0.25) is 0 Å². The van der Waals surface area contributed by atoms with E-state index >= 15 is 0 Å². The van der Waals surface area contributed by atoms with Crippen LogP contribution in [0.4, 0.5) is 17.6 Å². The average Bonchev–Trinajstić information content (AvgIpc) is 3.03. The lowest BCUT2D eigenvalue weighted by molar-refractivity contribution is -0.139. The number of nitrogens with one attached hydrogen (secondary N) is 1. The largest absolute Gasteiger partial charge is 0.416 e. The number of halogens is 6. The first-order chi connectivity index (χ1) is 11.0.